The number of rotatable bonds is 2. The van der Waals surface area contributed by atoms with E-state index < -0.39 is 6.10 Å². The number of hydrogen-bond acceptors (Lipinski definition) is 3. The first-order chi connectivity index (χ1) is 8.13. The summed E-state index contributed by atoms with van der Waals surface area (Å²) in [5.41, 5.74) is 0.851. The highest BCUT2D eigenvalue weighted by atomic mass is 32.2. The van der Waals surface area contributed by atoms with Crippen LogP contribution in [0.5, 0.6) is 0 Å². The lowest BCUT2D eigenvalue weighted by Gasteiger charge is -2.23. The van der Waals surface area contributed by atoms with Gasteiger partial charge in [0.15, 0.2) is 0 Å². The Morgan fingerprint density at radius 2 is 2.18 bits per heavy atom. The molecule has 92 valence electrons. The molecule has 1 aliphatic rings. The first-order valence-electron chi connectivity index (χ1n) is 5.88. The zero-order valence-corrected chi connectivity index (χ0v) is 10.8. The predicted octanol–water partition coefficient (Wildman–Crippen LogP) is 2.51. The third-order valence-electron chi connectivity index (χ3n) is 3.05. The van der Waals surface area contributed by atoms with E-state index in [1.807, 2.05) is 31.2 Å². The number of hydrogen-bond donors (Lipinski definition) is 2. The Bertz CT molecular complexity index is 420. The molecular weight excluding hydrogens is 234 g/mol. The first kappa shape index (κ1) is 12.5. The van der Waals surface area contributed by atoms with Crippen LogP contribution in [0.2, 0.25) is 0 Å². The van der Waals surface area contributed by atoms with Crippen LogP contribution in [-0.4, -0.2) is 22.4 Å². The van der Waals surface area contributed by atoms with Gasteiger partial charge in [-0.05, 0) is 25.5 Å². The van der Waals surface area contributed by atoms with E-state index in [9.17, 15) is 9.90 Å². The number of para-hydroxylation sites is 1. The van der Waals surface area contributed by atoms with E-state index in [2.05, 4.69) is 5.32 Å². The number of amides is 1. The van der Waals surface area contributed by atoms with E-state index >= 15 is 0 Å². The van der Waals surface area contributed by atoms with Gasteiger partial charge >= 0.3 is 0 Å². The van der Waals surface area contributed by atoms with E-state index in [1.54, 1.807) is 18.7 Å². The van der Waals surface area contributed by atoms with Gasteiger partial charge in [-0.2, -0.15) is 0 Å². The number of fused-ring (bicyclic) bond motifs is 1. The molecule has 0 bridgehead atoms. The fourth-order valence-electron chi connectivity index (χ4n) is 2.16. The molecule has 0 radical (unpaired) electrons. The number of aliphatic hydroxyl groups excluding tert-OH is 1. The van der Waals surface area contributed by atoms with Gasteiger partial charge in [-0.25, -0.2) is 0 Å². The molecule has 4 heteroatoms. The molecule has 3 nitrogen and oxygen atoms in total. The number of benzene rings is 1. The summed E-state index contributed by atoms with van der Waals surface area (Å²) in [7, 11) is 0. The van der Waals surface area contributed by atoms with Gasteiger partial charge in [0.1, 0.15) is 0 Å². The molecule has 2 rings (SSSR count). The van der Waals surface area contributed by atoms with Crippen LogP contribution in [-0.2, 0) is 4.79 Å². The van der Waals surface area contributed by atoms with Crippen molar-refractivity contribution >= 4 is 23.4 Å². The fraction of sp³-hybridized carbons (Fsp3) is 0.462. The number of carbonyl (C=O) groups excluding carboxylic acids is 1. The van der Waals surface area contributed by atoms with Crippen LogP contribution in [0, 0.1) is 5.92 Å². The van der Waals surface area contributed by atoms with Gasteiger partial charge < -0.3 is 10.4 Å². The second-order valence-corrected chi connectivity index (χ2v) is 5.60. The fourth-order valence-corrected chi connectivity index (χ4v) is 3.55. The van der Waals surface area contributed by atoms with E-state index in [4.69, 9.17) is 0 Å². The molecule has 3 atom stereocenters. The standard InChI is InChI=1S/C13H17NO2S/c1-3-10-12(8(2)15)13(16)14-9-6-4-5-7-11(9)17-10/h4-8,10,12,15H,3H2,1-2H3,(H,14,16)/t8-,10-,12+/m1/s1. The summed E-state index contributed by atoms with van der Waals surface area (Å²) in [6.07, 6.45) is 0.240. The van der Waals surface area contributed by atoms with Crippen molar-refractivity contribution in [3.05, 3.63) is 24.3 Å². The van der Waals surface area contributed by atoms with Crippen molar-refractivity contribution in [2.75, 3.05) is 5.32 Å². The summed E-state index contributed by atoms with van der Waals surface area (Å²) in [5, 5.41) is 12.8. The molecule has 0 spiro atoms. The maximum Gasteiger partial charge on any atom is 0.231 e. The third kappa shape index (κ3) is 2.48. The minimum atomic E-state index is -0.623. The van der Waals surface area contributed by atoms with Gasteiger partial charge in [0.25, 0.3) is 0 Å². The lowest BCUT2D eigenvalue weighted by atomic mass is 9.96. The topological polar surface area (TPSA) is 49.3 Å². The highest BCUT2D eigenvalue weighted by Gasteiger charge is 2.35. The van der Waals surface area contributed by atoms with Gasteiger partial charge in [0, 0.05) is 10.1 Å². The molecule has 1 aliphatic heterocycles. The SMILES string of the molecule is CC[C@H]1Sc2ccccc2NC(=O)[C@H]1[C@@H](C)O. The minimum Gasteiger partial charge on any atom is -0.393 e. The molecule has 0 aromatic heterocycles. The number of aliphatic hydroxyl groups is 1. The molecule has 0 saturated carbocycles. The second kappa shape index (κ2) is 5.10. The van der Waals surface area contributed by atoms with Crippen molar-refractivity contribution in [1.82, 2.24) is 0 Å². The summed E-state index contributed by atoms with van der Waals surface area (Å²) < 4.78 is 0. The Balaban J connectivity index is 2.37. The molecule has 17 heavy (non-hydrogen) atoms. The van der Waals surface area contributed by atoms with Crippen molar-refractivity contribution in [3.63, 3.8) is 0 Å². The summed E-state index contributed by atoms with van der Waals surface area (Å²) in [6, 6.07) is 7.78. The smallest absolute Gasteiger partial charge is 0.231 e. The van der Waals surface area contributed by atoms with E-state index in [0.717, 1.165) is 17.0 Å². The quantitative estimate of drug-likeness (QED) is 0.849. The molecule has 0 saturated heterocycles. The van der Waals surface area contributed by atoms with Gasteiger partial charge in [0.05, 0.1) is 17.7 Å². The Morgan fingerprint density at radius 1 is 1.47 bits per heavy atom. The molecule has 2 N–H and O–H groups in total. The van der Waals surface area contributed by atoms with Crippen molar-refractivity contribution in [2.45, 2.75) is 36.5 Å². The summed E-state index contributed by atoms with van der Waals surface area (Å²) in [6.45, 7) is 3.73. The van der Waals surface area contributed by atoms with Crippen LogP contribution in [0.15, 0.2) is 29.2 Å². The maximum absolute atomic E-state index is 12.1. The number of anilines is 1. The average Bonchev–Trinajstić information content (AvgIpc) is 2.43. The van der Waals surface area contributed by atoms with Crippen molar-refractivity contribution in [3.8, 4) is 0 Å². The minimum absolute atomic E-state index is 0.0794. The summed E-state index contributed by atoms with van der Waals surface area (Å²) >= 11 is 1.67. The monoisotopic (exact) mass is 251 g/mol. The Hall–Kier alpha value is -1.00. The molecule has 1 amide bonds. The molecular formula is C13H17NO2S. The Morgan fingerprint density at radius 3 is 2.82 bits per heavy atom. The van der Waals surface area contributed by atoms with Crippen molar-refractivity contribution < 1.29 is 9.90 Å². The molecule has 1 heterocycles. The lowest BCUT2D eigenvalue weighted by molar-refractivity contribution is -0.122. The van der Waals surface area contributed by atoms with Gasteiger partial charge in [-0.3, -0.25) is 4.79 Å². The Labute approximate surface area is 106 Å². The van der Waals surface area contributed by atoms with Crippen molar-refractivity contribution in [1.29, 1.82) is 0 Å². The van der Waals surface area contributed by atoms with E-state index in [1.165, 1.54) is 0 Å². The normalized spacial score (nSPS) is 25.7. The van der Waals surface area contributed by atoms with Crippen LogP contribution in [0.1, 0.15) is 20.3 Å². The largest absolute Gasteiger partial charge is 0.393 e. The summed E-state index contributed by atoms with van der Waals surface area (Å²) in [4.78, 5) is 13.2. The molecule has 0 unspecified atom stereocenters. The molecule has 1 aromatic carbocycles. The van der Waals surface area contributed by atoms with Crippen LogP contribution in [0.4, 0.5) is 5.69 Å². The predicted molar refractivity (Wildman–Crippen MR) is 70.2 cm³/mol. The van der Waals surface area contributed by atoms with E-state index in [0.29, 0.717) is 0 Å². The zero-order valence-electron chi connectivity index (χ0n) is 10.0. The number of nitrogens with one attached hydrogen (secondary N) is 1. The van der Waals surface area contributed by atoms with E-state index in [-0.39, 0.29) is 17.1 Å². The molecule has 1 aromatic rings. The Kier molecular flexibility index (Phi) is 3.74. The average molecular weight is 251 g/mol. The highest BCUT2D eigenvalue weighted by molar-refractivity contribution is 8.00. The van der Waals surface area contributed by atoms with Crippen LogP contribution >= 0.6 is 11.8 Å². The second-order valence-electron chi connectivity index (χ2n) is 4.32. The zero-order chi connectivity index (χ0) is 12.4. The number of thioether (sulfide) groups is 1. The van der Waals surface area contributed by atoms with Gasteiger partial charge in [-0.1, -0.05) is 19.1 Å². The van der Waals surface area contributed by atoms with Crippen LogP contribution in [0.25, 0.3) is 0 Å². The number of carbonyl (C=O) groups is 1. The third-order valence-corrected chi connectivity index (χ3v) is 4.59. The molecule has 0 fully saturated rings. The first-order valence-corrected chi connectivity index (χ1v) is 6.76. The lowest BCUT2D eigenvalue weighted by Crippen LogP contribution is -2.37. The molecule has 0 aliphatic carbocycles. The van der Waals surface area contributed by atoms with Crippen LogP contribution in [0.3, 0.4) is 0 Å². The maximum atomic E-state index is 12.1. The highest BCUT2D eigenvalue weighted by Crippen LogP contribution is 2.39. The van der Waals surface area contributed by atoms with Gasteiger partial charge in [0.2, 0.25) is 5.91 Å². The summed E-state index contributed by atoms with van der Waals surface area (Å²) in [5.74, 6) is -0.429. The van der Waals surface area contributed by atoms with Crippen LogP contribution < -0.4 is 5.32 Å². The van der Waals surface area contributed by atoms with Gasteiger partial charge in [-0.15, -0.1) is 11.8 Å². The van der Waals surface area contributed by atoms with Crippen molar-refractivity contribution in [2.24, 2.45) is 5.92 Å².